The Morgan fingerprint density at radius 2 is 2.07 bits per heavy atom. The van der Waals surface area contributed by atoms with E-state index >= 15 is 0 Å². The Kier molecular flexibility index (Phi) is 6.58. The molecule has 2 heterocycles. The van der Waals surface area contributed by atoms with Crippen LogP contribution in [0.25, 0.3) is 11.4 Å². The molecule has 0 aliphatic carbocycles. The third-order valence-corrected chi connectivity index (χ3v) is 6.21. The fourth-order valence-corrected chi connectivity index (χ4v) is 4.12. The molecule has 1 amide bonds. The highest BCUT2D eigenvalue weighted by atomic mass is 32.2. The third-order valence-electron chi connectivity index (χ3n) is 4.11. The molecule has 0 radical (unpaired) electrons. The first-order valence-corrected chi connectivity index (χ1v) is 10.5. The number of anilines is 1. The van der Waals surface area contributed by atoms with Gasteiger partial charge in [0, 0.05) is 28.9 Å². The Morgan fingerprint density at radius 1 is 1.25 bits per heavy atom. The van der Waals surface area contributed by atoms with Crippen molar-refractivity contribution in [3.63, 3.8) is 0 Å². The highest BCUT2D eigenvalue weighted by molar-refractivity contribution is 7.99. The molecule has 0 spiro atoms. The zero-order valence-electron chi connectivity index (χ0n) is 16.2. The van der Waals surface area contributed by atoms with Crippen molar-refractivity contribution in [1.29, 1.82) is 0 Å². The minimum atomic E-state index is -0.151. The molecule has 148 valence electrons. The van der Waals surface area contributed by atoms with Gasteiger partial charge in [-0.15, -0.1) is 21.5 Å². The van der Waals surface area contributed by atoms with Crippen LogP contribution in [0.2, 0.25) is 0 Å². The number of benzene rings is 1. The molecule has 0 atom stereocenters. The van der Waals surface area contributed by atoms with Crippen LogP contribution in [0, 0.1) is 0 Å². The number of carbonyl (C=O) groups excluding carboxylic acids is 1. The summed E-state index contributed by atoms with van der Waals surface area (Å²) >= 11 is 3.05. The number of nitrogens with zero attached hydrogens (tertiary/aromatic N) is 3. The number of nitrogens with one attached hydrogen (secondary N) is 1. The Balaban J connectivity index is 1.64. The molecule has 0 saturated heterocycles. The molecular weight excluding hydrogens is 396 g/mol. The van der Waals surface area contributed by atoms with Crippen molar-refractivity contribution in [3.8, 4) is 22.9 Å². The van der Waals surface area contributed by atoms with Gasteiger partial charge < -0.3 is 19.4 Å². The molecule has 0 fully saturated rings. The highest BCUT2D eigenvalue weighted by Gasteiger charge is 2.15. The van der Waals surface area contributed by atoms with Gasteiger partial charge in [-0.1, -0.05) is 18.7 Å². The maximum absolute atomic E-state index is 12.4. The number of thioether (sulfide) groups is 1. The van der Waals surface area contributed by atoms with E-state index in [0.29, 0.717) is 22.3 Å². The summed E-state index contributed by atoms with van der Waals surface area (Å²) in [5.41, 5.74) is 1.65. The summed E-state index contributed by atoms with van der Waals surface area (Å²) in [5.74, 6) is 2.07. The lowest BCUT2D eigenvalue weighted by atomic mass is 10.2. The Bertz CT molecular complexity index is 968. The first kappa shape index (κ1) is 20.2. The number of methoxy groups -OCH3 is 2. The van der Waals surface area contributed by atoms with Crippen LogP contribution in [0.1, 0.15) is 11.8 Å². The Hall–Kier alpha value is -2.52. The maximum Gasteiger partial charge on any atom is 0.234 e. The van der Waals surface area contributed by atoms with E-state index in [0.717, 1.165) is 17.8 Å². The zero-order valence-corrected chi connectivity index (χ0v) is 17.8. The number of carbonyl (C=O) groups is 1. The number of hydrogen-bond donors (Lipinski definition) is 1. The number of hydrogen-bond acceptors (Lipinski definition) is 7. The molecule has 3 rings (SSSR count). The Labute approximate surface area is 172 Å². The lowest BCUT2D eigenvalue weighted by molar-refractivity contribution is -0.113. The van der Waals surface area contributed by atoms with E-state index in [2.05, 4.69) is 33.9 Å². The van der Waals surface area contributed by atoms with Gasteiger partial charge in [-0.3, -0.25) is 4.79 Å². The lowest BCUT2D eigenvalue weighted by Crippen LogP contribution is -2.15. The van der Waals surface area contributed by atoms with Gasteiger partial charge in [-0.2, -0.15) is 0 Å². The fraction of sp³-hybridized carbons (Fsp3) is 0.316. The van der Waals surface area contributed by atoms with Crippen LogP contribution in [0.5, 0.6) is 11.5 Å². The van der Waals surface area contributed by atoms with Crippen molar-refractivity contribution in [3.05, 3.63) is 34.5 Å². The topological polar surface area (TPSA) is 78.3 Å². The van der Waals surface area contributed by atoms with E-state index in [1.54, 1.807) is 43.8 Å². The second kappa shape index (κ2) is 9.11. The minimum Gasteiger partial charge on any atom is -0.497 e. The maximum atomic E-state index is 12.4. The van der Waals surface area contributed by atoms with Crippen molar-refractivity contribution in [2.24, 2.45) is 7.05 Å². The smallest absolute Gasteiger partial charge is 0.234 e. The van der Waals surface area contributed by atoms with Gasteiger partial charge in [0.15, 0.2) is 11.0 Å². The fourth-order valence-electron chi connectivity index (χ4n) is 2.59. The first-order chi connectivity index (χ1) is 13.5. The number of thiophene rings is 1. The van der Waals surface area contributed by atoms with Gasteiger partial charge in [0.25, 0.3) is 0 Å². The second-order valence-electron chi connectivity index (χ2n) is 5.92. The molecule has 3 aromatic rings. The monoisotopic (exact) mass is 418 g/mol. The second-order valence-corrected chi connectivity index (χ2v) is 7.86. The highest BCUT2D eigenvalue weighted by Crippen LogP contribution is 2.30. The molecule has 0 aliphatic heterocycles. The standard InChI is InChI=1S/C19H22N4O3S2/c1-5-14-8-12(10-27-14)18-21-22-19(23(18)2)28-11-17(24)20-15-7-6-13(25-3)9-16(15)26-4/h6-10H,5,11H2,1-4H3,(H,20,24). The summed E-state index contributed by atoms with van der Waals surface area (Å²) in [4.78, 5) is 13.7. The van der Waals surface area contributed by atoms with Gasteiger partial charge in [0.05, 0.1) is 25.7 Å². The predicted octanol–water partition coefficient (Wildman–Crippen LogP) is 3.85. The van der Waals surface area contributed by atoms with Gasteiger partial charge in [-0.25, -0.2) is 0 Å². The molecule has 28 heavy (non-hydrogen) atoms. The number of amides is 1. The summed E-state index contributed by atoms with van der Waals surface area (Å²) in [6, 6.07) is 7.38. The average Bonchev–Trinajstić information content (AvgIpc) is 3.33. The molecule has 0 unspecified atom stereocenters. The number of ether oxygens (including phenoxy) is 2. The summed E-state index contributed by atoms with van der Waals surface area (Å²) in [7, 11) is 5.04. The molecule has 0 bridgehead atoms. The molecule has 7 nitrogen and oxygen atoms in total. The first-order valence-electron chi connectivity index (χ1n) is 8.67. The lowest BCUT2D eigenvalue weighted by Gasteiger charge is -2.11. The molecule has 9 heteroatoms. The van der Waals surface area contributed by atoms with Crippen molar-refractivity contribution in [2.75, 3.05) is 25.3 Å². The van der Waals surface area contributed by atoms with E-state index in [-0.39, 0.29) is 11.7 Å². The van der Waals surface area contributed by atoms with Gasteiger partial charge >= 0.3 is 0 Å². The molecular formula is C19H22N4O3S2. The van der Waals surface area contributed by atoms with Crippen LogP contribution in [-0.4, -0.2) is 40.6 Å². The number of aromatic nitrogens is 3. The summed E-state index contributed by atoms with van der Waals surface area (Å²) in [6.07, 6.45) is 0.999. The van der Waals surface area contributed by atoms with Crippen LogP contribution in [0.3, 0.4) is 0 Å². The largest absolute Gasteiger partial charge is 0.497 e. The molecule has 0 aliphatic rings. The summed E-state index contributed by atoms with van der Waals surface area (Å²) < 4.78 is 12.4. The van der Waals surface area contributed by atoms with Gasteiger partial charge in [0.1, 0.15) is 11.5 Å². The normalized spacial score (nSPS) is 10.7. The molecule has 1 N–H and O–H groups in total. The van der Waals surface area contributed by atoms with E-state index in [1.807, 2.05) is 11.6 Å². The van der Waals surface area contributed by atoms with E-state index in [9.17, 15) is 4.79 Å². The van der Waals surface area contributed by atoms with Crippen LogP contribution in [-0.2, 0) is 18.3 Å². The zero-order chi connectivity index (χ0) is 20.1. The SMILES string of the molecule is CCc1cc(-c2nnc(SCC(=O)Nc3ccc(OC)cc3OC)n2C)cs1. The van der Waals surface area contributed by atoms with Crippen molar-refractivity contribution in [2.45, 2.75) is 18.5 Å². The Morgan fingerprint density at radius 3 is 2.75 bits per heavy atom. The minimum absolute atomic E-state index is 0.151. The molecule has 1 aromatic carbocycles. The average molecular weight is 419 g/mol. The quantitative estimate of drug-likeness (QED) is 0.560. The van der Waals surface area contributed by atoms with Crippen LogP contribution < -0.4 is 14.8 Å². The number of aryl methyl sites for hydroxylation is 1. The van der Waals surface area contributed by atoms with E-state index in [4.69, 9.17) is 9.47 Å². The van der Waals surface area contributed by atoms with E-state index < -0.39 is 0 Å². The third kappa shape index (κ3) is 4.48. The van der Waals surface area contributed by atoms with Crippen LogP contribution >= 0.6 is 23.1 Å². The summed E-state index contributed by atoms with van der Waals surface area (Å²) in [6.45, 7) is 2.13. The summed E-state index contributed by atoms with van der Waals surface area (Å²) in [5, 5.41) is 14.1. The molecule has 0 saturated carbocycles. The van der Waals surface area contributed by atoms with Crippen LogP contribution in [0.4, 0.5) is 5.69 Å². The van der Waals surface area contributed by atoms with Crippen molar-refractivity contribution in [1.82, 2.24) is 14.8 Å². The van der Waals surface area contributed by atoms with Gasteiger partial charge in [0.2, 0.25) is 5.91 Å². The van der Waals surface area contributed by atoms with Crippen LogP contribution in [0.15, 0.2) is 34.8 Å². The predicted molar refractivity (Wildman–Crippen MR) is 113 cm³/mol. The molecule has 2 aromatic heterocycles. The number of rotatable bonds is 8. The van der Waals surface area contributed by atoms with Crippen molar-refractivity contribution >= 4 is 34.7 Å². The van der Waals surface area contributed by atoms with Gasteiger partial charge in [-0.05, 0) is 24.6 Å². The van der Waals surface area contributed by atoms with Crippen molar-refractivity contribution < 1.29 is 14.3 Å². The van der Waals surface area contributed by atoms with E-state index in [1.165, 1.54) is 16.6 Å².